The average molecular weight is 299 g/mol. The monoisotopic (exact) mass is 299 g/mol. The third-order valence-corrected chi connectivity index (χ3v) is 4.13. The summed E-state index contributed by atoms with van der Waals surface area (Å²) in [5.41, 5.74) is 1.72. The van der Waals surface area contributed by atoms with Gasteiger partial charge in [-0.05, 0) is 30.7 Å². The highest BCUT2D eigenvalue weighted by Gasteiger charge is 2.14. The van der Waals surface area contributed by atoms with E-state index in [0.717, 1.165) is 15.2 Å². The maximum Gasteiger partial charge on any atom is 0.342 e. The summed E-state index contributed by atoms with van der Waals surface area (Å²) in [6.45, 7) is 1.84. The summed E-state index contributed by atoms with van der Waals surface area (Å²) >= 11 is 1.49. The Bertz CT molecular complexity index is 777. The summed E-state index contributed by atoms with van der Waals surface area (Å²) in [6, 6.07) is 12.8. The number of carbonyl (C=O) groups excluding carboxylic acids is 1. The zero-order chi connectivity index (χ0) is 14.8. The molecule has 3 rings (SSSR count). The third kappa shape index (κ3) is 2.73. The lowest BCUT2D eigenvalue weighted by atomic mass is 10.1. The molecule has 0 atom stereocenters. The first-order valence-electron chi connectivity index (χ1n) is 6.45. The molecule has 1 aromatic heterocycles. The van der Waals surface area contributed by atoms with E-state index >= 15 is 0 Å². The molecule has 4 nitrogen and oxygen atoms in total. The Morgan fingerprint density at radius 1 is 1.24 bits per heavy atom. The van der Waals surface area contributed by atoms with Crippen LogP contribution < -0.4 is 0 Å². The molecule has 106 valence electrons. The zero-order valence-corrected chi connectivity index (χ0v) is 12.2. The maximum absolute atomic E-state index is 12.0. The number of benzene rings is 2. The number of para-hydroxylation sites is 2. The zero-order valence-electron chi connectivity index (χ0n) is 11.4. The van der Waals surface area contributed by atoms with Gasteiger partial charge in [0.25, 0.3) is 0 Å². The predicted molar refractivity (Wildman–Crippen MR) is 81.6 cm³/mol. The first-order chi connectivity index (χ1) is 10.1. The highest BCUT2D eigenvalue weighted by Crippen LogP contribution is 2.24. The van der Waals surface area contributed by atoms with Crippen molar-refractivity contribution < 1.29 is 14.6 Å². The minimum atomic E-state index is -0.546. The number of phenolic OH excluding ortho intramolecular Hbond substituents is 1. The van der Waals surface area contributed by atoms with E-state index in [1.165, 1.54) is 11.3 Å². The first-order valence-corrected chi connectivity index (χ1v) is 7.27. The number of nitrogens with zero attached hydrogens (tertiary/aromatic N) is 1. The van der Waals surface area contributed by atoms with Gasteiger partial charge in [-0.3, -0.25) is 0 Å². The normalized spacial score (nSPS) is 10.7. The van der Waals surface area contributed by atoms with Gasteiger partial charge in [-0.1, -0.05) is 24.3 Å². The van der Waals surface area contributed by atoms with Crippen molar-refractivity contribution in [3.05, 3.63) is 58.6 Å². The first kappa shape index (κ1) is 13.6. The number of esters is 1. The molecule has 0 radical (unpaired) electrons. The molecule has 2 aromatic carbocycles. The van der Waals surface area contributed by atoms with Gasteiger partial charge in [0.05, 0.1) is 10.2 Å². The number of fused-ring (bicyclic) bond motifs is 1. The van der Waals surface area contributed by atoms with Crippen LogP contribution in [0.1, 0.15) is 20.9 Å². The van der Waals surface area contributed by atoms with E-state index in [1.54, 1.807) is 25.1 Å². The summed E-state index contributed by atoms with van der Waals surface area (Å²) in [5, 5.41) is 10.6. The smallest absolute Gasteiger partial charge is 0.342 e. The van der Waals surface area contributed by atoms with E-state index in [-0.39, 0.29) is 17.9 Å². The van der Waals surface area contributed by atoms with Gasteiger partial charge in [0.2, 0.25) is 0 Å². The van der Waals surface area contributed by atoms with E-state index in [0.29, 0.717) is 5.56 Å². The molecule has 0 saturated heterocycles. The quantitative estimate of drug-likeness (QED) is 0.750. The van der Waals surface area contributed by atoms with Crippen LogP contribution in [0.15, 0.2) is 42.5 Å². The van der Waals surface area contributed by atoms with Crippen LogP contribution in [0.25, 0.3) is 10.2 Å². The molecule has 0 unspecified atom stereocenters. The minimum Gasteiger partial charge on any atom is -0.507 e. The number of hydrogen-bond donors (Lipinski definition) is 1. The molecule has 0 fully saturated rings. The number of hydrogen-bond acceptors (Lipinski definition) is 5. The number of thiazole rings is 1. The van der Waals surface area contributed by atoms with Crippen LogP contribution >= 0.6 is 11.3 Å². The molecule has 3 aromatic rings. The van der Waals surface area contributed by atoms with Crippen LogP contribution in [0.5, 0.6) is 5.75 Å². The molecule has 0 spiro atoms. The summed E-state index contributed by atoms with van der Waals surface area (Å²) in [5.74, 6) is -0.581. The molecular formula is C16H13NO3S. The Labute approximate surface area is 125 Å². The average Bonchev–Trinajstić information content (AvgIpc) is 2.90. The topological polar surface area (TPSA) is 59.4 Å². The molecular weight excluding hydrogens is 286 g/mol. The number of aromatic hydroxyl groups is 1. The molecule has 0 aliphatic carbocycles. The fraction of sp³-hybridized carbons (Fsp3) is 0.125. The van der Waals surface area contributed by atoms with Crippen molar-refractivity contribution in [2.75, 3.05) is 0 Å². The fourth-order valence-corrected chi connectivity index (χ4v) is 2.89. The van der Waals surface area contributed by atoms with E-state index in [4.69, 9.17) is 4.74 Å². The Morgan fingerprint density at radius 2 is 2.05 bits per heavy atom. The molecule has 0 amide bonds. The minimum absolute atomic E-state index is 0.0354. The van der Waals surface area contributed by atoms with Crippen molar-refractivity contribution in [3.8, 4) is 5.75 Å². The highest BCUT2D eigenvalue weighted by atomic mass is 32.1. The van der Waals surface area contributed by atoms with Crippen LogP contribution in [0, 0.1) is 6.92 Å². The van der Waals surface area contributed by atoms with Gasteiger partial charge >= 0.3 is 5.97 Å². The second-order valence-electron chi connectivity index (χ2n) is 4.62. The molecule has 0 saturated carbocycles. The summed E-state index contributed by atoms with van der Waals surface area (Å²) in [6.07, 6.45) is 0. The molecule has 21 heavy (non-hydrogen) atoms. The summed E-state index contributed by atoms with van der Waals surface area (Å²) < 4.78 is 6.29. The number of ether oxygens (including phenoxy) is 1. The van der Waals surface area contributed by atoms with Gasteiger partial charge in [0, 0.05) is 0 Å². The predicted octanol–water partition coefficient (Wildman–Crippen LogP) is 3.67. The van der Waals surface area contributed by atoms with Gasteiger partial charge in [-0.2, -0.15) is 0 Å². The fourth-order valence-electron chi connectivity index (χ4n) is 2.01. The van der Waals surface area contributed by atoms with Crippen LogP contribution in [-0.2, 0) is 11.3 Å². The van der Waals surface area contributed by atoms with E-state index in [9.17, 15) is 9.90 Å². The van der Waals surface area contributed by atoms with Crippen LogP contribution in [0.3, 0.4) is 0 Å². The van der Waals surface area contributed by atoms with E-state index in [1.807, 2.05) is 24.3 Å². The Hall–Kier alpha value is -2.40. The molecule has 5 heteroatoms. The van der Waals surface area contributed by atoms with Gasteiger partial charge in [-0.15, -0.1) is 11.3 Å². The number of aromatic nitrogens is 1. The third-order valence-electron chi connectivity index (χ3n) is 3.12. The lowest BCUT2D eigenvalue weighted by Gasteiger charge is -2.06. The van der Waals surface area contributed by atoms with Crippen LogP contribution in [0.2, 0.25) is 0 Å². The molecule has 1 heterocycles. The molecule has 0 bridgehead atoms. The van der Waals surface area contributed by atoms with E-state index in [2.05, 4.69) is 4.98 Å². The van der Waals surface area contributed by atoms with Gasteiger partial charge in [-0.25, -0.2) is 9.78 Å². The molecule has 0 aliphatic rings. The molecule has 1 N–H and O–H groups in total. The lowest BCUT2D eigenvalue weighted by molar-refractivity contribution is 0.0469. The van der Waals surface area contributed by atoms with Gasteiger partial charge < -0.3 is 9.84 Å². The number of aryl methyl sites for hydroxylation is 1. The standard InChI is InChI=1S/C16H13NO3S/c1-10-5-4-6-11(15(10)18)16(19)20-9-14-17-12-7-2-3-8-13(12)21-14/h2-8,18H,9H2,1H3. The Balaban J connectivity index is 1.75. The largest absolute Gasteiger partial charge is 0.507 e. The number of rotatable bonds is 3. The van der Waals surface area contributed by atoms with Crippen molar-refractivity contribution >= 4 is 27.5 Å². The SMILES string of the molecule is Cc1cccc(C(=O)OCc2nc3ccccc3s2)c1O. The second-order valence-corrected chi connectivity index (χ2v) is 5.74. The van der Waals surface area contributed by atoms with Crippen molar-refractivity contribution in [3.63, 3.8) is 0 Å². The summed E-state index contributed by atoms with van der Waals surface area (Å²) in [4.78, 5) is 16.4. The van der Waals surface area contributed by atoms with E-state index < -0.39 is 5.97 Å². The van der Waals surface area contributed by atoms with Crippen molar-refractivity contribution in [1.29, 1.82) is 0 Å². The Kier molecular flexibility index (Phi) is 3.58. The van der Waals surface area contributed by atoms with Crippen LogP contribution in [0.4, 0.5) is 0 Å². The summed E-state index contributed by atoms with van der Waals surface area (Å²) in [7, 11) is 0. The van der Waals surface area contributed by atoms with Crippen molar-refractivity contribution in [2.24, 2.45) is 0 Å². The van der Waals surface area contributed by atoms with Crippen LogP contribution in [-0.4, -0.2) is 16.1 Å². The van der Waals surface area contributed by atoms with Crippen molar-refractivity contribution in [1.82, 2.24) is 4.98 Å². The molecule has 0 aliphatic heterocycles. The van der Waals surface area contributed by atoms with Gasteiger partial charge in [0.1, 0.15) is 22.9 Å². The number of carbonyl (C=O) groups is 1. The van der Waals surface area contributed by atoms with Gasteiger partial charge in [0.15, 0.2) is 0 Å². The number of phenols is 1. The second kappa shape index (κ2) is 5.54. The Morgan fingerprint density at radius 3 is 2.86 bits per heavy atom. The van der Waals surface area contributed by atoms with Crippen molar-refractivity contribution in [2.45, 2.75) is 13.5 Å². The lowest BCUT2D eigenvalue weighted by Crippen LogP contribution is -2.05. The highest BCUT2D eigenvalue weighted by molar-refractivity contribution is 7.18. The maximum atomic E-state index is 12.0.